The van der Waals surface area contributed by atoms with Crippen LogP contribution in [0, 0.1) is 10.1 Å². The van der Waals surface area contributed by atoms with Crippen LogP contribution in [0.1, 0.15) is 19.8 Å². The van der Waals surface area contributed by atoms with Crippen LogP contribution in [0.3, 0.4) is 0 Å². The molecule has 30 heavy (non-hydrogen) atoms. The summed E-state index contributed by atoms with van der Waals surface area (Å²) in [5.74, 6) is 0.123. The second kappa shape index (κ2) is 10.1. The van der Waals surface area contributed by atoms with Gasteiger partial charge in [0.2, 0.25) is 5.88 Å². The minimum atomic E-state index is -0.437. The smallest absolute Gasteiger partial charge is 0.305 e. The lowest BCUT2D eigenvalue weighted by molar-refractivity contribution is -0.384. The molecule has 8 nitrogen and oxygen atoms in total. The molecular formula is C22H21N3O5. The fourth-order valence-corrected chi connectivity index (χ4v) is 2.79. The summed E-state index contributed by atoms with van der Waals surface area (Å²) in [6.07, 6.45) is 2.44. The molecule has 0 aliphatic rings. The summed E-state index contributed by atoms with van der Waals surface area (Å²) >= 11 is 0. The lowest BCUT2D eigenvalue weighted by Crippen LogP contribution is -2.07. The number of aromatic nitrogens is 2. The molecule has 0 aliphatic heterocycles. The van der Waals surface area contributed by atoms with Crippen LogP contribution in [-0.4, -0.2) is 34.1 Å². The van der Waals surface area contributed by atoms with Gasteiger partial charge in [0.1, 0.15) is 0 Å². The Kier molecular flexibility index (Phi) is 7.05. The first kappa shape index (κ1) is 20.9. The molecule has 0 amide bonds. The van der Waals surface area contributed by atoms with Gasteiger partial charge in [0.25, 0.3) is 5.69 Å². The van der Waals surface area contributed by atoms with E-state index in [1.807, 2.05) is 24.3 Å². The quantitative estimate of drug-likeness (QED) is 0.223. The number of hydrogen-bond donors (Lipinski definition) is 0. The second-order valence-electron chi connectivity index (χ2n) is 6.36. The minimum absolute atomic E-state index is 0.0215. The highest BCUT2D eigenvalue weighted by molar-refractivity contribution is 5.71. The van der Waals surface area contributed by atoms with E-state index in [9.17, 15) is 14.9 Å². The van der Waals surface area contributed by atoms with Gasteiger partial charge in [-0.1, -0.05) is 6.07 Å². The largest absolute Gasteiger partial charge is 0.478 e. The molecule has 8 heteroatoms. The van der Waals surface area contributed by atoms with Crippen molar-refractivity contribution < 1.29 is 19.2 Å². The van der Waals surface area contributed by atoms with Crippen LogP contribution in [0.5, 0.6) is 5.88 Å². The zero-order valence-corrected chi connectivity index (χ0v) is 16.5. The van der Waals surface area contributed by atoms with Crippen molar-refractivity contribution in [3.63, 3.8) is 0 Å². The SMILES string of the molecule is CCOC(=O)CCCOc1cc(-c2ccc([N+](=O)[O-])cc2)cc(-c2ccccn2)n1. The summed E-state index contributed by atoms with van der Waals surface area (Å²) in [5, 5.41) is 10.9. The van der Waals surface area contributed by atoms with Crippen LogP contribution >= 0.6 is 0 Å². The van der Waals surface area contributed by atoms with E-state index < -0.39 is 4.92 Å². The highest BCUT2D eigenvalue weighted by Gasteiger charge is 2.11. The Bertz CT molecular complexity index is 1010. The summed E-state index contributed by atoms with van der Waals surface area (Å²) in [4.78, 5) is 30.8. The van der Waals surface area contributed by atoms with E-state index >= 15 is 0 Å². The van der Waals surface area contributed by atoms with E-state index in [1.165, 1.54) is 12.1 Å². The first-order chi connectivity index (χ1) is 14.6. The van der Waals surface area contributed by atoms with Gasteiger partial charge in [-0.15, -0.1) is 0 Å². The van der Waals surface area contributed by atoms with Gasteiger partial charge in [0.05, 0.1) is 29.5 Å². The molecule has 2 aromatic heterocycles. The number of nitro benzene ring substituents is 1. The maximum absolute atomic E-state index is 11.5. The van der Waals surface area contributed by atoms with Crippen molar-refractivity contribution in [3.8, 4) is 28.4 Å². The van der Waals surface area contributed by atoms with Gasteiger partial charge in [0.15, 0.2) is 0 Å². The number of ether oxygens (including phenoxy) is 2. The molecule has 0 saturated heterocycles. The fourth-order valence-electron chi connectivity index (χ4n) is 2.79. The third-order valence-electron chi connectivity index (χ3n) is 4.22. The molecule has 0 atom stereocenters. The van der Waals surface area contributed by atoms with E-state index in [0.29, 0.717) is 36.9 Å². The molecule has 2 heterocycles. The highest BCUT2D eigenvalue weighted by atomic mass is 16.6. The molecule has 1 aromatic carbocycles. The van der Waals surface area contributed by atoms with Crippen molar-refractivity contribution in [2.24, 2.45) is 0 Å². The first-order valence-electron chi connectivity index (χ1n) is 9.53. The minimum Gasteiger partial charge on any atom is -0.478 e. The Morgan fingerprint density at radius 2 is 1.87 bits per heavy atom. The monoisotopic (exact) mass is 407 g/mol. The number of carbonyl (C=O) groups excluding carboxylic acids is 1. The Morgan fingerprint density at radius 1 is 1.07 bits per heavy atom. The molecule has 0 bridgehead atoms. The van der Waals surface area contributed by atoms with E-state index in [1.54, 1.807) is 31.3 Å². The van der Waals surface area contributed by atoms with Crippen molar-refractivity contribution >= 4 is 11.7 Å². The third kappa shape index (κ3) is 5.60. The van der Waals surface area contributed by atoms with Gasteiger partial charge in [-0.3, -0.25) is 19.9 Å². The number of rotatable bonds is 9. The standard InChI is InChI=1S/C22H21N3O5/c1-2-29-22(26)7-5-13-30-21-15-17(16-8-10-18(11-9-16)25(27)28)14-20(24-21)19-6-3-4-12-23-19/h3-4,6,8-12,14-15H,2,5,7,13H2,1H3. The molecule has 0 saturated carbocycles. The van der Waals surface area contributed by atoms with Crippen LogP contribution < -0.4 is 4.74 Å². The van der Waals surface area contributed by atoms with Crippen LogP contribution in [-0.2, 0) is 9.53 Å². The number of hydrogen-bond acceptors (Lipinski definition) is 7. The zero-order chi connectivity index (χ0) is 21.3. The number of non-ortho nitro benzene ring substituents is 1. The van der Waals surface area contributed by atoms with Crippen LogP contribution in [0.4, 0.5) is 5.69 Å². The lowest BCUT2D eigenvalue weighted by Gasteiger charge is -2.10. The van der Waals surface area contributed by atoms with E-state index in [2.05, 4.69) is 9.97 Å². The molecule has 3 aromatic rings. The molecule has 3 rings (SSSR count). The van der Waals surface area contributed by atoms with Gasteiger partial charge >= 0.3 is 5.97 Å². The Hall–Kier alpha value is -3.81. The number of carbonyl (C=O) groups is 1. The summed E-state index contributed by atoms with van der Waals surface area (Å²) in [6, 6.07) is 15.4. The molecule has 0 unspecified atom stereocenters. The van der Waals surface area contributed by atoms with Gasteiger partial charge in [-0.25, -0.2) is 4.98 Å². The summed E-state index contributed by atoms with van der Waals surface area (Å²) in [5.41, 5.74) is 2.90. The predicted molar refractivity (Wildman–Crippen MR) is 111 cm³/mol. The van der Waals surface area contributed by atoms with Crippen LogP contribution in [0.15, 0.2) is 60.8 Å². The summed E-state index contributed by atoms with van der Waals surface area (Å²) in [7, 11) is 0. The number of nitrogens with zero attached hydrogens (tertiary/aromatic N) is 3. The molecule has 154 valence electrons. The topological polar surface area (TPSA) is 104 Å². The summed E-state index contributed by atoms with van der Waals surface area (Å²) < 4.78 is 10.7. The summed E-state index contributed by atoms with van der Waals surface area (Å²) in [6.45, 7) is 2.42. The molecule has 0 radical (unpaired) electrons. The highest BCUT2D eigenvalue weighted by Crippen LogP contribution is 2.29. The van der Waals surface area contributed by atoms with Crippen molar-refractivity contribution in [1.29, 1.82) is 0 Å². The Labute approximate surface area is 173 Å². The number of esters is 1. The molecule has 0 N–H and O–H groups in total. The van der Waals surface area contributed by atoms with E-state index in [0.717, 1.165) is 11.1 Å². The van der Waals surface area contributed by atoms with E-state index in [-0.39, 0.29) is 18.1 Å². The predicted octanol–water partition coefficient (Wildman–Crippen LogP) is 4.44. The molecular weight excluding hydrogens is 386 g/mol. The molecule has 0 aliphatic carbocycles. The van der Waals surface area contributed by atoms with Crippen molar-refractivity contribution in [2.45, 2.75) is 19.8 Å². The van der Waals surface area contributed by atoms with Gasteiger partial charge in [-0.2, -0.15) is 0 Å². The van der Waals surface area contributed by atoms with Crippen LogP contribution in [0.25, 0.3) is 22.5 Å². The average molecular weight is 407 g/mol. The molecule has 0 spiro atoms. The van der Waals surface area contributed by atoms with Gasteiger partial charge in [-0.05, 0) is 54.8 Å². The normalized spacial score (nSPS) is 10.4. The first-order valence-corrected chi connectivity index (χ1v) is 9.53. The fraction of sp³-hybridized carbons (Fsp3) is 0.227. The maximum Gasteiger partial charge on any atom is 0.305 e. The Morgan fingerprint density at radius 3 is 2.53 bits per heavy atom. The zero-order valence-electron chi connectivity index (χ0n) is 16.5. The van der Waals surface area contributed by atoms with Gasteiger partial charge in [0, 0.05) is 30.8 Å². The van der Waals surface area contributed by atoms with Crippen LogP contribution in [0.2, 0.25) is 0 Å². The van der Waals surface area contributed by atoms with Gasteiger partial charge < -0.3 is 9.47 Å². The maximum atomic E-state index is 11.5. The number of pyridine rings is 2. The van der Waals surface area contributed by atoms with E-state index in [4.69, 9.17) is 9.47 Å². The third-order valence-corrected chi connectivity index (χ3v) is 4.22. The second-order valence-corrected chi connectivity index (χ2v) is 6.36. The Balaban J connectivity index is 1.84. The number of benzene rings is 1. The van der Waals surface area contributed by atoms with Crippen molar-refractivity contribution in [1.82, 2.24) is 9.97 Å². The number of nitro groups is 1. The van der Waals surface area contributed by atoms with Crippen molar-refractivity contribution in [2.75, 3.05) is 13.2 Å². The van der Waals surface area contributed by atoms with Crippen molar-refractivity contribution in [3.05, 3.63) is 70.9 Å². The molecule has 0 fully saturated rings. The average Bonchev–Trinajstić information content (AvgIpc) is 2.77. The lowest BCUT2D eigenvalue weighted by atomic mass is 10.0.